The largest absolute Gasteiger partial charge is 0.383 e. The van der Waals surface area contributed by atoms with Crippen LogP contribution in [0.3, 0.4) is 0 Å². The molecule has 0 spiro atoms. The zero-order valence-corrected chi connectivity index (χ0v) is 11.6. The monoisotopic (exact) mass is 242 g/mol. The lowest BCUT2D eigenvalue weighted by Gasteiger charge is -2.31. The summed E-state index contributed by atoms with van der Waals surface area (Å²) < 4.78 is 5.09. The van der Waals surface area contributed by atoms with E-state index >= 15 is 0 Å². The molecular weight excluding hydrogens is 216 g/mol. The van der Waals surface area contributed by atoms with E-state index in [4.69, 9.17) is 4.74 Å². The van der Waals surface area contributed by atoms with Gasteiger partial charge in [-0.25, -0.2) is 0 Å². The highest BCUT2D eigenvalue weighted by molar-refractivity contribution is 5.81. The highest BCUT2D eigenvalue weighted by Gasteiger charge is 2.29. The molecule has 1 amide bonds. The molecule has 100 valence electrons. The van der Waals surface area contributed by atoms with Crippen LogP contribution >= 0.6 is 0 Å². The number of hydrogen-bond acceptors (Lipinski definition) is 3. The van der Waals surface area contributed by atoms with Gasteiger partial charge in [0.2, 0.25) is 5.91 Å². The Bertz CT molecular complexity index is 242. The molecular formula is C13H26N2O2. The molecule has 0 radical (unpaired) electrons. The van der Waals surface area contributed by atoms with Gasteiger partial charge in [0.05, 0.1) is 6.61 Å². The van der Waals surface area contributed by atoms with E-state index in [1.54, 1.807) is 7.11 Å². The van der Waals surface area contributed by atoms with Crippen LogP contribution in [0.1, 0.15) is 33.6 Å². The minimum Gasteiger partial charge on any atom is -0.383 e. The van der Waals surface area contributed by atoms with E-state index in [9.17, 15) is 4.79 Å². The van der Waals surface area contributed by atoms with Crippen molar-refractivity contribution in [2.45, 2.75) is 39.7 Å². The minimum atomic E-state index is -0.313. The molecule has 0 bridgehead atoms. The number of carbonyl (C=O) groups excluding carboxylic acids is 1. The molecule has 0 aromatic carbocycles. The third-order valence-corrected chi connectivity index (χ3v) is 3.10. The number of ether oxygens (including phenoxy) is 1. The molecule has 1 atom stereocenters. The van der Waals surface area contributed by atoms with Gasteiger partial charge in [0.15, 0.2) is 0 Å². The highest BCUT2D eigenvalue weighted by Crippen LogP contribution is 2.18. The van der Waals surface area contributed by atoms with Gasteiger partial charge in [0, 0.05) is 31.7 Å². The van der Waals surface area contributed by atoms with Gasteiger partial charge in [-0.15, -0.1) is 0 Å². The van der Waals surface area contributed by atoms with Crippen LogP contribution in [0.2, 0.25) is 0 Å². The van der Waals surface area contributed by atoms with Gasteiger partial charge in [-0.2, -0.15) is 0 Å². The van der Waals surface area contributed by atoms with Crippen LogP contribution < -0.4 is 5.32 Å². The van der Waals surface area contributed by atoms with Gasteiger partial charge in [-0.05, 0) is 19.4 Å². The lowest BCUT2D eigenvalue weighted by atomic mass is 9.94. The maximum atomic E-state index is 12.3. The quantitative estimate of drug-likeness (QED) is 0.789. The molecule has 1 heterocycles. The molecule has 17 heavy (non-hydrogen) atoms. The third kappa shape index (κ3) is 4.64. The Balaban J connectivity index is 2.55. The first kappa shape index (κ1) is 14.5. The van der Waals surface area contributed by atoms with Gasteiger partial charge in [-0.1, -0.05) is 20.8 Å². The fraction of sp³-hybridized carbons (Fsp3) is 0.923. The molecule has 1 aliphatic rings. The maximum absolute atomic E-state index is 12.3. The molecule has 1 N–H and O–H groups in total. The van der Waals surface area contributed by atoms with E-state index in [0.29, 0.717) is 19.2 Å². The fourth-order valence-corrected chi connectivity index (χ4v) is 2.13. The van der Waals surface area contributed by atoms with Gasteiger partial charge in [-0.3, -0.25) is 4.79 Å². The molecule has 0 aromatic rings. The van der Waals surface area contributed by atoms with Gasteiger partial charge < -0.3 is 15.0 Å². The van der Waals surface area contributed by atoms with E-state index in [0.717, 1.165) is 13.1 Å². The SMILES string of the molecule is COCCN(CC1CCCN1)C(=O)C(C)(C)C. The first-order chi connectivity index (χ1) is 7.95. The van der Waals surface area contributed by atoms with Crippen molar-refractivity contribution in [3.05, 3.63) is 0 Å². The van der Waals surface area contributed by atoms with Crippen LogP contribution in [-0.4, -0.2) is 50.2 Å². The van der Waals surface area contributed by atoms with Crippen molar-refractivity contribution in [3.63, 3.8) is 0 Å². The topological polar surface area (TPSA) is 41.6 Å². The van der Waals surface area contributed by atoms with Crippen LogP contribution in [0.5, 0.6) is 0 Å². The van der Waals surface area contributed by atoms with Crippen molar-refractivity contribution in [1.82, 2.24) is 10.2 Å². The summed E-state index contributed by atoms with van der Waals surface area (Å²) in [5.41, 5.74) is -0.313. The standard InChI is InChI=1S/C13H26N2O2/c1-13(2,3)12(16)15(8-9-17-4)10-11-6-5-7-14-11/h11,14H,5-10H2,1-4H3. The van der Waals surface area contributed by atoms with Gasteiger partial charge >= 0.3 is 0 Å². The lowest BCUT2D eigenvalue weighted by Crippen LogP contribution is -2.46. The average Bonchev–Trinajstić information content (AvgIpc) is 2.74. The second-order valence-corrected chi connectivity index (χ2v) is 5.79. The molecule has 0 aliphatic carbocycles. The van der Waals surface area contributed by atoms with Crippen molar-refractivity contribution in [3.8, 4) is 0 Å². The van der Waals surface area contributed by atoms with Crippen molar-refractivity contribution < 1.29 is 9.53 Å². The summed E-state index contributed by atoms with van der Waals surface area (Å²) >= 11 is 0. The Labute approximate surface area is 105 Å². The second-order valence-electron chi connectivity index (χ2n) is 5.79. The molecule has 1 unspecified atom stereocenters. The number of nitrogens with one attached hydrogen (secondary N) is 1. The zero-order valence-electron chi connectivity index (χ0n) is 11.6. The van der Waals surface area contributed by atoms with Crippen molar-refractivity contribution in [2.75, 3.05) is 33.4 Å². The summed E-state index contributed by atoms with van der Waals surface area (Å²) in [5.74, 6) is 0.211. The lowest BCUT2D eigenvalue weighted by molar-refractivity contribution is -0.140. The maximum Gasteiger partial charge on any atom is 0.228 e. The number of nitrogens with zero attached hydrogens (tertiary/aromatic N) is 1. The molecule has 0 saturated carbocycles. The first-order valence-electron chi connectivity index (χ1n) is 6.47. The smallest absolute Gasteiger partial charge is 0.228 e. The van der Waals surface area contributed by atoms with Crippen molar-refractivity contribution in [1.29, 1.82) is 0 Å². The molecule has 1 aliphatic heterocycles. The van der Waals surface area contributed by atoms with Gasteiger partial charge in [0.1, 0.15) is 0 Å². The number of hydrogen-bond donors (Lipinski definition) is 1. The number of carbonyl (C=O) groups is 1. The number of rotatable bonds is 5. The first-order valence-corrected chi connectivity index (χ1v) is 6.47. The van der Waals surface area contributed by atoms with E-state index in [2.05, 4.69) is 5.32 Å². The third-order valence-electron chi connectivity index (χ3n) is 3.10. The van der Waals surface area contributed by atoms with E-state index in [1.165, 1.54) is 12.8 Å². The second kappa shape index (κ2) is 6.36. The molecule has 0 aromatic heterocycles. The average molecular weight is 242 g/mol. The molecule has 1 rings (SSSR count). The Kier molecular flexibility index (Phi) is 5.40. The molecule has 1 fully saturated rings. The highest BCUT2D eigenvalue weighted by atomic mass is 16.5. The van der Waals surface area contributed by atoms with Crippen LogP contribution in [0.4, 0.5) is 0 Å². The Hall–Kier alpha value is -0.610. The summed E-state index contributed by atoms with van der Waals surface area (Å²) in [6.45, 7) is 9.08. The van der Waals surface area contributed by atoms with Crippen molar-refractivity contribution in [2.24, 2.45) is 5.41 Å². The summed E-state index contributed by atoms with van der Waals surface area (Å²) in [5, 5.41) is 3.44. The van der Waals surface area contributed by atoms with E-state index < -0.39 is 0 Å². The molecule has 4 nitrogen and oxygen atoms in total. The number of methoxy groups -OCH3 is 1. The summed E-state index contributed by atoms with van der Waals surface area (Å²) in [6.07, 6.45) is 2.38. The predicted octanol–water partition coefficient (Wildman–Crippen LogP) is 1.26. The fourth-order valence-electron chi connectivity index (χ4n) is 2.13. The van der Waals surface area contributed by atoms with E-state index in [1.807, 2.05) is 25.7 Å². The van der Waals surface area contributed by atoms with Crippen LogP contribution in [0.25, 0.3) is 0 Å². The minimum absolute atomic E-state index is 0.211. The number of amides is 1. The van der Waals surface area contributed by atoms with Crippen molar-refractivity contribution >= 4 is 5.91 Å². The van der Waals surface area contributed by atoms with Gasteiger partial charge in [0.25, 0.3) is 0 Å². The Morgan fingerprint density at radius 2 is 2.18 bits per heavy atom. The zero-order chi connectivity index (χ0) is 12.9. The van der Waals surface area contributed by atoms with E-state index in [-0.39, 0.29) is 11.3 Å². The van der Waals surface area contributed by atoms with Crippen LogP contribution in [0.15, 0.2) is 0 Å². The molecule has 4 heteroatoms. The summed E-state index contributed by atoms with van der Waals surface area (Å²) in [6, 6.07) is 0.457. The van der Waals surface area contributed by atoms with Crippen LogP contribution in [-0.2, 0) is 9.53 Å². The Morgan fingerprint density at radius 3 is 2.65 bits per heavy atom. The van der Waals surface area contributed by atoms with Crippen LogP contribution in [0, 0.1) is 5.41 Å². The predicted molar refractivity (Wildman–Crippen MR) is 68.9 cm³/mol. The summed E-state index contributed by atoms with van der Waals surface area (Å²) in [7, 11) is 1.67. The molecule has 1 saturated heterocycles. The summed E-state index contributed by atoms with van der Waals surface area (Å²) in [4.78, 5) is 14.2. The normalized spacial score (nSPS) is 20.6. The Morgan fingerprint density at radius 1 is 1.47 bits per heavy atom.